The molecular weight excluding hydrogens is 142 g/mol. The summed E-state index contributed by atoms with van der Waals surface area (Å²) in [5.74, 6) is 0. The van der Waals surface area contributed by atoms with Gasteiger partial charge in [0.25, 0.3) is 0 Å². The van der Waals surface area contributed by atoms with Gasteiger partial charge in [0.05, 0.1) is 0 Å². The Balaban J connectivity index is 2.34. The van der Waals surface area contributed by atoms with Crippen molar-refractivity contribution in [2.45, 2.75) is 0 Å². The molecule has 0 aromatic heterocycles. The van der Waals surface area contributed by atoms with Crippen LogP contribution in [0.5, 0.6) is 0 Å². The first-order valence-corrected chi connectivity index (χ1v) is 2.84. The van der Waals surface area contributed by atoms with Crippen LogP contribution in [0.3, 0.4) is 0 Å². The summed E-state index contributed by atoms with van der Waals surface area (Å²) in [6, 6.07) is 0. The minimum Gasteiger partial charge on any atom is -0.309 e. The Morgan fingerprint density at radius 3 is 2.33 bits per heavy atom. The molecule has 0 aromatic carbocycles. The van der Waals surface area contributed by atoms with Crippen LogP contribution in [0.4, 0.5) is 0 Å². The Bertz CT molecular complexity index is 71.6. The Labute approximate surface area is 45.6 Å². The van der Waals surface area contributed by atoms with Crippen LogP contribution in [0.15, 0.2) is 10.6 Å². The SMILES string of the molecule is BrC=C1CNC1. The summed E-state index contributed by atoms with van der Waals surface area (Å²) in [5.41, 5.74) is 1.45. The molecule has 34 valence electrons. The van der Waals surface area contributed by atoms with Crippen molar-refractivity contribution in [1.82, 2.24) is 5.32 Å². The van der Waals surface area contributed by atoms with E-state index < -0.39 is 0 Å². The van der Waals surface area contributed by atoms with E-state index in [-0.39, 0.29) is 0 Å². The topological polar surface area (TPSA) is 12.0 Å². The summed E-state index contributed by atoms with van der Waals surface area (Å²) < 4.78 is 0. The second-order valence-corrected chi connectivity index (χ2v) is 1.83. The maximum absolute atomic E-state index is 3.22. The Kier molecular flexibility index (Phi) is 1.27. The molecule has 1 nitrogen and oxygen atoms in total. The number of rotatable bonds is 0. The molecule has 0 aromatic rings. The maximum atomic E-state index is 3.22. The van der Waals surface area contributed by atoms with Crippen molar-refractivity contribution in [2.24, 2.45) is 0 Å². The van der Waals surface area contributed by atoms with Gasteiger partial charge in [-0.05, 0) is 10.6 Å². The van der Waals surface area contributed by atoms with Gasteiger partial charge >= 0.3 is 0 Å². The minimum atomic E-state index is 1.07. The molecule has 1 fully saturated rings. The van der Waals surface area contributed by atoms with Gasteiger partial charge in [-0.2, -0.15) is 0 Å². The fourth-order valence-corrected chi connectivity index (χ4v) is 0.670. The van der Waals surface area contributed by atoms with Gasteiger partial charge < -0.3 is 5.32 Å². The molecule has 0 amide bonds. The average molecular weight is 148 g/mol. The van der Waals surface area contributed by atoms with Crippen molar-refractivity contribution in [3.63, 3.8) is 0 Å². The maximum Gasteiger partial charge on any atom is 0.0188 e. The van der Waals surface area contributed by atoms with E-state index in [9.17, 15) is 0 Å². The molecule has 6 heavy (non-hydrogen) atoms. The average Bonchev–Trinajstić information content (AvgIpc) is 1.31. The van der Waals surface area contributed by atoms with Crippen molar-refractivity contribution >= 4 is 15.9 Å². The zero-order valence-electron chi connectivity index (χ0n) is 3.37. The zero-order chi connectivity index (χ0) is 4.41. The lowest BCUT2D eigenvalue weighted by Crippen LogP contribution is -2.33. The third-order valence-corrected chi connectivity index (χ3v) is 1.51. The monoisotopic (exact) mass is 147 g/mol. The second kappa shape index (κ2) is 1.76. The quantitative estimate of drug-likeness (QED) is 0.537. The van der Waals surface area contributed by atoms with E-state index in [1.54, 1.807) is 0 Å². The number of hydrogen-bond donors (Lipinski definition) is 1. The molecule has 2 heteroatoms. The number of hydrogen-bond acceptors (Lipinski definition) is 1. The largest absolute Gasteiger partial charge is 0.309 e. The Hall–Kier alpha value is 0.180. The molecule has 1 rings (SSSR count). The summed E-state index contributed by atoms with van der Waals surface area (Å²) in [7, 11) is 0. The van der Waals surface area contributed by atoms with Crippen LogP contribution in [-0.4, -0.2) is 13.1 Å². The summed E-state index contributed by atoms with van der Waals surface area (Å²) in [4.78, 5) is 1.98. The first-order chi connectivity index (χ1) is 2.93. The summed E-state index contributed by atoms with van der Waals surface area (Å²) in [6.45, 7) is 2.15. The molecule has 1 saturated heterocycles. The molecule has 0 aliphatic carbocycles. The predicted octanol–water partition coefficient (Wildman–Crippen LogP) is 0.868. The van der Waals surface area contributed by atoms with Gasteiger partial charge in [0.1, 0.15) is 0 Å². The predicted molar refractivity (Wildman–Crippen MR) is 29.9 cm³/mol. The number of nitrogens with one attached hydrogen (secondary N) is 1. The van der Waals surface area contributed by atoms with Crippen LogP contribution in [-0.2, 0) is 0 Å². The third kappa shape index (κ3) is 0.632. The van der Waals surface area contributed by atoms with Crippen molar-refractivity contribution in [2.75, 3.05) is 13.1 Å². The smallest absolute Gasteiger partial charge is 0.0188 e. The molecule has 0 bridgehead atoms. The number of halogens is 1. The molecule has 0 atom stereocenters. The fraction of sp³-hybridized carbons (Fsp3) is 0.500. The summed E-state index contributed by atoms with van der Waals surface area (Å²) in [5, 5.41) is 3.11. The Morgan fingerprint density at radius 1 is 1.67 bits per heavy atom. The highest BCUT2D eigenvalue weighted by Gasteiger charge is 2.03. The van der Waals surface area contributed by atoms with E-state index in [0.29, 0.717) is 0 Å². The molecule has 0 spiro atoms. The van der Waals surface area contributed by atoms with Crippen molar-refractivity contribution < 1.29 is 0 Å². The van der Waals surface area contributed by atoms with Crippen LogP contribution in [0, 0.1) is 0 Å². The zero-order valence-corrected chi connectivity index (χ0v) is 4.96. The highest BCUT2D eigenvalue weighted by atomic mass is 79.9. The van der Waals surface area contributed by atoms with Gasteiger partial charge in [-0.15, -0.1) is 0 Å². The van der Waals surface area contributed by atoms with Crippen LogP contribution in [0.2, 0.25) is 0 Å². The van der Waals surface area contributed by atoms with Crippen LogP contribution < -0.4 is 5.32 Å². The summed E-state index contributed by atoms with van der Waals surface area (Å²) >= 11 is 3.22. The van der Waals surface area contributed by atoms with E-state index in [4.69, 9.17) is 0 Å². The van der Waals surface area contributed by atoms with Crippen LogP contribution in [0.1, 0.15) is 0 Å². The first kappa shape index (κ1) is 4.34. The first-order valence-electron chi connectivity index (χ1n) is 1.92. The lowest BCUT2D eigenvalue weighted by molar-refractivity contribution is 0.671. The van der Waals surface area contributed by atoms with Crippen molar-refractivity contribution in [3.8, 4) is 0 Å². The van der Waals surface area contributed by atoms with Gasteiger partial charge in [-0.25, -0.2) is 0 Å². The third-order valence-electron chi connectivity index (χ3n) is 0.858. The van der Waals surface area contributed by atoms with Gasteiger partial charge in [0.2, 0.25) is 0 Å². The van der Waals surface area contributed by atoms with E-state index in [1.165, 1.54) is 5.57 Å². The van der Waals surface area contributed by atoms with Crippen LogP contribution >= 0.6 is 15.9 Å². The lowest BCUT2D eigenvalue weighted by Gasteiger charge is -2.16. The van der Waals surface area contributed by atoms with Gasteiger partial charge in [0, 0.05) is 13.1 Å². The van der Waals surface area contributed by atoms with E-state index in [0.717, 1.165) is 13.1 Å². The Morgan fingerprint density at radius 2 is 2.33 bits per heavy atom. The molecule has 0 unspecified atom stereocenters. The molecular formula is C4H6BrN. The second-order valence-electron chi connectivity index (χ2n) is 1.37. The molecule has 1 aliphatic heterocycles. The molecule has 1 heterocycles. The lowest BCUT2D eigenvalue weighted by atomic mass is 10.2. The molecule has 0 saturated carbocycles. The van der Waals surface area contributed by atoms with Crippen molar-refractivity contribution in [1.29, 1.82) is 0 Å². The minimum absolute atomic E-state index is 1.07. The standard InChI is InChI=1S/C4H6BrN/c5-1-4-2-6-3-4/h1,6H,2-3H2. The molecule has 1 aliphatic rings. The highest BCUT2D eigenvalue weighted by molar-refractivity contribution is 9.11. The van der Waals surface area contributed by atoms with E-state index in [2.05, 4.69) is 21.2 Å². The van der Waals surface area contributed by atoms with E-state index >= 15 is 0 Å². The van der Waals surface area contributed by atoms with Gasteiger partial charge in [-0.3, -0.25) is 0 Å². The summed E-state index contributed by atoms with van der Waals surface area (Å²) in [6.07, 6.45) is 0. The van der Waals surface area contributed by atoms with E-state index in [1.807, 2.05) is 4.99 Å². The molecule has 0 radical (unpaired) electrons. The van der Waals surface area contributed by atoms with Gasteiger partial charge in [0.15, 0.2) is 0 Å². The van der Waals surface area contributed by atoms with Gasteiger partial charge in [-0.1, -0.05) is 15.9 Å². The van der Waals surface area contributed by atoms with Crippen LogP contribution in [0.25, 0.3) is 0 Å². The van der Waals surface area contributed by atoms with Crippen molar-refractivity contribution in [3.05, 3.63) is 10.6 Å². The normalized spacial score (nSPS) is 19.8. The highest BCUT2D eigenvalue weighted by Crippen LogP contribution is 2.01. The molecule has 1 N–H and O–H groups in total. The fourth-order valence-electron chi connectivity index (χ4n) is 0.346.